The molecule has 1 atom stereocenters. The van der Waals surface area contributed by atoms with Gasteiger partial charge in [-0.3, -0.25) is 19.4 Å². The summed E-state index contributed by atoms with van der Waals surface area (Å²) in [6, 6.07) is 7.96. The van der Waals surface area contributed by atoms with Gasteiger partial charge < -0.3 is 10.6 Å². The third-order valence-corrected chi connectivity index (χ3v) is 6.04. The van der Waals surface area contributed by atoms with Crippen LogP contribution in [0.5, 0.6) is 0 Å². The molecule has 8 nitrogen and oxygen atoms in total. The van der Waals surface area contributed by atoms with Crippen LogP contribution in [0.4, 0.5) is 20.2 Å². The van der Waals surface area contributed by atoms with Crippen molar-refractivity contribution in [1.82, 2.24) is 15.2 Å². The molecule has 2 amide bonds. The first kappa shape index (κ1) is 25.0. The number of hydrogen-bond acceptors (Lipinski definition) is 6. The van der Waals surface area contributed by atoms with Crippen molar-refractivity contribution in [2.75, 3.05) is 10.6 Å². The van der Waals surface area contributed by atoms with Crippen LogP contribution in [0, 0.1) is 18.6 Å². The molecule has 1 heterocycles. The third kappa shape index (κ3) is 6.04. The number of carbonyl (C=O) groups is 2. The quantitative estimate of drug-likeness (QED) is 0.409. The predicted octanol–water partition coefficient (Wildman–Crippen LogP) is 4.28. The Morgan fingerprint density at radius 2 is 1.82 bits per heavy atom. The molecule has 3 rings (SSSR count). The van der Waals surface area contributed by atoms with Gasteiger partial charge in [-0.15, -0.1) is 10.2 Å². The number of rotatable bonds is 8. The van der Waals surface area contributed by atoms with E-state index in [2.05, 4.69) is 25.8 Å². The lowest BCUT2D eigenvalue weighted by molar-refractivity contribution is -0.116. The molecule has 0 spiro atoms. The van der Waals surface area contributed by atoms with Crippen LogP contribution in [0.1, 0.15) is 32.3 Å². The van der Waals surface area contributed by atoms with Gasteiger partial charge in [0.2, 0.25) is 11.8 Å². The van der Waals surface area contributed by atoms with Crippen LogP contribution in [-0.4, -0.2) is 32.2 Å². The van der Waals surface area contributed by atoms with Crippen molar-refractivity contribution in [3.63, 3.8) is 0 Å². The number of carbonyl (C=O) groups excluding carboxylic acids is 2. The second kappa shape index (κ2) is 11.0. The number of hydrogen-bond donors (Lipinski definition) is 3. The van der Waals surface area contributed by atoms with Gasteiger partial charge in [-0.1, -0.05) is 37.2 Å². The number of aromatic amines is 1. The SMILES string of the molecule is CCC(=O)Nc1ccc(C)cc1-c1nnc(S[C@@H](CC)C(=O)Nc2cc(F)ccc2F)[nH]c1=O. The van der Waals surface area contributed by atoms with Crippen molar-refractivity contribution in [3.8, 4) is 11.3 Å². The zero-order valence-corrected chi connectivity index (χ0v) is 19.6. The van der Waals surface area contributed by atoms with Gasteiger partial charge >= 0.3 is 0 Å². The summed E-state index contributed by atoms with van der Waals surface area (Å²) in [6.45, 7) is 5.28. The largest absolute Gasteiger partial charge is 0.325 e. The molecule has 3 aromatic rings. The molecule has 0 fully saturated rings. The van der Waals surface area contributed by atoms with Gasteiger partial charge in [-0.05, 0) is 37.6 Å². The summed E-state index contributed by atoms with van der Waals surface area (Å²) in [5.74, 6) is -2.25. The van der Waals surface area contributed by atoms with Gasteiger partial charge in [-0.25, -0.2) is 8.78 Å². The molecule has 1 aromatic heterocycles. The Morgan fingerprint density at radius 3 is 2.50 bits per heavy atom. The van der Waals surface area contributed by atoms with Gasteiger partial charge in [0.05, 0.1) is 16.6 Å². The van der Waals surface area contributed by atoms with Gasteiger partial charge in [0, 0.05) is 18.1 Å². The molecular formula is C23H23F2N5O3S. The van der Waals surface area contributed by atoms with E-state index in [0.717, 1.165) is 35.5 Å². The lowest BCUT2D eigenvalue weighted by atomic mass is 10.1. The summed E-state index contributed by atoms with van der Waals surface area (Å²) in [7, 11) is 0. The monoisotopic (exact) mass is 487 g/mol. The first-order valence-electron chi connectivity index (χ1n) is 10.5. The summed E-state index contributed by atoms with van der Waals surface area (Å²) in [6.07, 6.45) is 0.592. The second-order valence-electron chi connectivity index (χ2n) is 7.39. The van der Waals surface area contributed by atoms with E-state index in [-0.39, 0.29) is 28.9 Å². The minimum Gasteiger partial charge on any atom is -0.325 e. The molecule has 0 saturated carbocycles. The van der Waals surface area contributed by atoms with E-state index >= 15 is 0 Å². The second-order valence-corrected chi connectivity index (χ2v) is 8.58. The van der Waals surface area contributed by atoms with Crippen molar-refractivity contribution in [2.45, 2.75) is 44.0 Å². The normalized spacial score (nSPS) is 11.7. The van der Waals surface area contributed by atoms with Gasteiger partial charge in [0.1, 0.15) is 11.6 Å². The molecule has 0 radical (unpaired) electrons. The van der Waals surface area contributed by atoms with E-state index in [0.29, 0.717) is 17.7 Å². The maximum absolute atomic E-state index is 13.9. The van der Waals surface area contributed by atoms with Crippen LogP contribution in [0.15, 0.2) is 46.3 Å². The van der Waals surface area contributed by atoms with Crippen LogP contribution in [-0.2, 0) is 9.59 Å². The smallest absolute Gasteiger partial charge is 0.278 e. The number of aryl methyl sites for hydroxylation is 1. The molecular weight excluding hydrogens is 464 g/mol. The predicted molar refractivity (Wildman–Crippen MR) is 127 cm³/mol. The number of thioether (sulfide) groups is 1. The van der Waals surface area contributed by atoms with E-state index in [1.807, 2.05) is 6.92 Å². The minimum atomic E-state index is -0.767. The molecule has 11 heteroatoms. The number of nitrogens with one attached hydrogen (secondary N) is 3. The van der Waals surface area contributed by atoms with E-state index in [4.69, 9.17) is 0 Å². The summed E-state index contributed by atoms with van der Waals surface area (Å²) in [5, 5.41) is 12.5. The lowest BCUT2D eigenvalue weighted by Gasteiger charge is -2.15. The van der Waals surface area contributed by atoms with Crippen molar-refractivity contribution in [1.29, 1.82) is 0 Å². The summed E-state index contributed by atoms with van der Waals surface area (Å²) >= 11 is 0.939. The van der Waals surface area contributed by atoms with Crippen LogP contribution >= 0.6 is 11.8 Å². The molecule has 0 aliphatic carbocycles. The molecule has 0 bridgehead atoms. The maximum atomic E-state index is 13.9. The number of amides is 2. The highest BCUT2D eigenvalue weighted by Crippen LogP contribution is 2.27. The van der Waals surface area contributed by atoms with Gasteiger partial charge in [0.25, 0.3) is 5.56 Å². The zero-order valence-electron chi connectivity index (χ0n) is 18.7. The van der Waals surface area contributed by atoms with Crippen molar-refractivity contribution in [3.05, 3.63) is 63.9 Å². The Morgan fingerprint density at radius 1 is 1.06 bits per heavy atom. The molecule has 2 aromatic carbocycles. The standard InChI is InChI=1S/C23H23F2N5O3S/c1-4-18(21(32)27-17-11-13(24)7-8-15(17)25)34-23-28-22(33)20(29-30-23)14-10-12(3)6-9-16(14)26-19(31)5-2/h6-11,18H,4-5H2,1-3H3,(H,26,31)(H,27,32)(H,28,30,33)/t18-/m0/s1. The van der Waals surface area contributed by atoms with Crippen molar-refractivity contribution < 1.29 is 18.4 Å². The fraction of sp³-hybridized carbons (Fsp3) is 0.261. The van der Waals surface area contributed by atoms with Crippen LogP contribution in [0.25, 0.3) is 11.3 Å². The average Bonchev–Trinajstić information content (AvgIpc) is 2.81. The highest BCUT2D eigenvalue weighted by molar-refractivity contribution is 8.00. The first-order chi connectivity index (χ1) is 16.2. The topological polar surface area (TPSA) is 117 Å². The van der Waals surface area contributed by atoms with Crippen LogP contribution in [0.3, 0.4) is 0 Å². The fourth-order valence-corrected chi connectivity index (χ4v) is 3.86. The number of anilines is 2. The summed E-state index contributed by atoms with van der Waals surface area (Å²) in [4.78, 5) is 39.9. The number of benzene rings is 2. The van der Waals surface area contributed by atoms with Gasteiger partial charge in [0.15, 0.2) is 10.9 Å². The van der Waals surface area contributed by atoms with Crippen LogP contribution in [0.2, 0.25) is 0 Å². The average molecular weight is 488 g/mol. The van der Waals surface area contributed by atoms with Crippen molar-refractivity contribution in [2.24, 2.45) is 0 Å². The Bertz CT molecular complexity index is 1280. The number of H-pyrrole nitrogens is 1. The Hall–Kier alpha value is -3.60. The molecule has 0 unspecified atom stereocenters. The molecule has 0 aliphatic heterocycles. The summed E-state index contributed by atoms with van der Waals surface area (Å²) in [5.41, 5.74) is 0.885. The lowest BCUT2D eigenvalue weighted by Crippen LogP contribution is -2.26. The highest BCUT2D eigenvalue weighted by Gasteiger charge is 2.22. The van der Waals surface area contributed by atoms with Gasteiger partial charge in [-0.2, -0.15) is 0 Å². The minimum absolute atomic E-state index is 0.0128. The Balaban J connectivity index is 1.83. The third-order valence-electron chi connectivity index (χ3n) is 4.81. The number of aromatic nitrogens is 3. The Labute approximate surface area is 198 Å². The molecule has 3 N–H and O–H groups in total. The van der Waals surface area contributed by atoms with E-state index in [1.54, 1.807) is 32.0 Å². The van der Waals surface area contributed by atoms with E-state index < -0.39 is 28.4 Å². The van der Waals surface area contributed by atoms with E-state index in [9.17, 15) is 23.2 Å². The molecule has 0 saturated heterocycles. The number of halogens is 2. The fourth-order valence-electron chi connectivity index (χ4n) is 3.02. The molecule has 178 valence electrons. The highest BCUT2D eigenvalue weighted by atomic mass is 32.2. The number of nitrogens with zero attached hydrogens (tertiary/aromatic N) is 2. The molecule has 0 aliphatic rings. The maximum Gasteiger partial charge on any atom is 0.278 e. The van der Waals surface area contributed by atoms with Crippen molar-refractivity contribution >= 4 is 35.0 Å². The zero-order chi connectivity index (χ0) is 24.8. The first-order valence-corrected chi connectivity index (χ1v) is 11.4. The summed E-state index contributed by atoms with van der Waals surface area (Å²) < 4.78 is 27.3. The van der Waals surface area contributed by atoms with Crippen LogP contribution < -0.4 is 16.2 Å². The molecule has 34 heavy (non-hydrogen) atoms. The Kier molecular flexibility index (Phi) is 8.11. The van der Waals surface area contributed by atoms with E-state index in [1.165, 1.54) is 0 Å².